The number of aliphatic hydroxyl groups is 3. The van der Waals surface area contributed by atoms with Crippen LogP contribution in [0.3, 0.4) is 0 Å². The molecular formula is C13H15NO5. The SMILES string of the molecule is O=C([C@H](O)c1ccccc1)N1OC2CC1[C@@H](O)[C@H]2O. The largest absolute Gasteiger partial charge is 0.388 e. The maximum absolute atomic E-state index is 12.1. The first-order valence-corrected chi connectivity index (χ1v) is 6.18. The zero-order chi connectivity index (χ0) is 13.6. The van der Waals surface area contributed by atoms with Crippen LogP contribution >= 0.6 is 0 Å². The summed E-state index contributed by atoms with van der Waals surface area (Å²) in [4.78, 5) is 17.4. The maximum Gasteiger partial charge on any atom is 0.279 e. The molecular weight excluding hydrogens is 250 g/mol. The fourth-order valence-corrected chi connectivity index (χ4v) is 2.64. The van der Waals surface area contributed by atoms with E-state index in [0.717, 1.165) is 5.06 Å². The zero-order valence-corrected chi connectivity index (χ0v) is 10.1. The number of nitrogens with zero attached hydrogens (tertiary/aromatic N) is 1. The molecule has 0 spiro atoms. The summed E-state index contributed by atoms with van der Waals surface area (Å²) in [6, 6.07) is 7.92. The van der Waals surface area contributed by atoms with Crippen molar-refractivity contribution < 1.29 is 25.0 Å². The van der Waals surface area contributed by atoms with Crippen LogP contribution in [0.25, 0.3) is 0 Å². The molecule has 2 unspecified atom stereocenters. The Labute approximate surface area is 109 Å². The van der Waals surface area contributed by atoms with Crippen LogP contribution in [0.15, 0.2) is 30.3 Å². The first-order chi connectivity index (χ1) is 9.09. The summed E-state index contributed by atoms with van der Waals surface area (Å²) in [5, 5.41) is 30.3. The van der Waals surface area contributed by atoms with E-state index in [0.29, 0.717) is 12.0 Å². The molecule has 1 aliphatic heterocycles. The van der Waals surface area contributed by atoms with E-state index < -0.39 is 36.4 Å². The molecule has 0 aromatic heterocycles. The Balaban J connectivity index is 1.76. The molecule has 1 aromatic carbocycles. The zero-order valence-electron chi connectivity index (χ0n) is 10.1. The number of fused-ring (bicyclic) bond motifs is 2. The Kier molecular flexibility index (Phi) is 3.02. The standard InChI is InChI=1S/C13H15NO5/c15-10(7-4-2-1-3-5-7)13(18)14-8-6-9(19-14)12(17)11(8)16/h1-5,8-12,15-17H,6H2/t8?,9?,10-,11-,12+/m1/s1. The van der Waals surface area contributed by atoms with Gasteiger partial charge in [-0.2, -0.15) is 0 Å². The molecule has 19 heavy (non-hydrogen) atoms. The fraction of sp³-hybridized carbons (Fsp3) is 0.462. The number of aliphatic hydroxyl groups excluding tert-OH is 3. The quantitative estimate of drug-likeness (QED) is 0.661. The third kappa shape index (κ3) is 1.93. The summed E-state index contributed by atoms with van der Waals surface area (Å²) in [6.45, 7) is 0. The lowest BCUT2D eigenvalue weighted by atomic mass is 10.1. The molecule has 2 aliphatic rings. The van der Waals surface area contributed by atoms with Gasteiger partial charge < -0.3 is 15.3 Å². The van der Waals surface area contributed by atoms with Crippen LogP contribution in [0.1, 0.15) is 18.1 Å². The van der Waals surface area contributed by atoms with Gasteiger partial charge in [0.25, 0.3) is 5.91 Å². The minimum atomic E-state index is -1.33. The van der Waals surface area contributed by atoms with Crippen LogP contribution in [0.2, 0.25) is 0 Å². The Morgan fingerprint density at radius 3 is 2.53 bits per heavy atom. The number of amides is 1. The molecule has 102 valence electrons. The molecule has 3 rings (SSSR count). The maximum atomic E-state index is 12.1. The van der Waals surface area contributed by atoms with E-state index >= 15 is 0 Å². The molecule has 6 nitrogen and oxygen atoms in total. The summed E-state index contributed by atoms with van der Waals surface area (Å²) >= 11 is 0. The second-order valence-electron chi connectivity index (χ2n) is 4.91. The van der Waals surface area contributed by atoms with Crippen LogP contribution in [-0.2, 0) is 9.63 Å². The number of hydroxylamine groups is 2. The molecule has 0 radical (unpaired) electrons. The normalized spacial score (nSPS) is 34.6. The van der Waals surface area contributed by atoms with Crippen LogP contribution < -0.4 is 0 Å². The van der Waals surface area contributed by atoms with Gasteiger partial charge in [0.2, 0.25) is 0 Å². The van der Waals surface area contributed by atoms with Gasteiger partial charge in [-0.05, 0) is 5.56 Å². The first-order valence-electron chi connectivity index (χ1n) is 6.18. The molecule has 5 atom stereocenters. The van der Waals surface area contributed by atoms with Gasteiger partial charge in [-0.15, -0.1) is 0 Å². The van der Waals surface area contributed by atoms with Crippen molar-refractivity contribution in [2.24, 2.45) is 0 Å². The second kappa shape index (κ2) is 4.57. The second-order valence-corrected chi connectivity index (χ2v) is 4.91. The average Bonchev–Trinajstić information content (AvgIpc) is 2.99. The summed E-state index contributed by atoms with van der Waals surface area (Å²) in [5.74, 6) is -0.621. The fourth-order valence-electron chi connectivity index (χ4n) is 2.64. The highest BCUT2D eigenvalue weighted by atomic mass is 16.7. The van der Waals surface area contributed by atoms with Gasteiger partial charge in [0.15, 0.2) is 6.10 Å². The monoisotopic (exact) mass is 265 g/mol. The smallest absolute Gasteiger partial charge is 0.279 e. The Bertz CT molecular complexity index is 477. The van der Waals surface area contributed by atoms with Crippen molar-refractivity contribution in [3.05, 3.63) is 35.9 Å². The van der Waals surface area contributed by atoms with Gasteiger partial charge in [-0.25, -0.2) is 5.06 Å². The summed E-state index contributed by atoms with van der Waals surface area (Å²) in [7, 11) is 0. The lowest BCUT2D eigenvalue weighted by Crippen LogP contribution is -2.51. The number of carbonyl (C=O) groups excluding carboxylic acids is 1. The van der Waals surface area contributed by atoms with E-state index in [1.54, 1.807) is 30.3 Å². The number of carbonyl (C=O) groups is 1. The minimum absolute atomic E-state index is 0.385. The van der Waals surface area contributed by atoms with Crippen LogP contribution in [0.4, 0.5) is 0 Å². The van der Waals surface area contributed by atoms with E-state index in [2.05, 4.69) is 0 Å². The van der Waals surface area contributed by atoms with Crippen molar-refractivity contribution in [2.75, 3.05) is 0 Å². The van der Waals surface area contributed by atoms with Crippen molar-refractivity contribution >= 4 is 5.91 Å². The van der Waals surface area contributed by atoms with Crippen molar-refractivity contribution in [2.45, 2.75) is 36.9 Å². The van der Waals surface area contributed by atoms with E-state index in [1.807, 2.05) is 0 Å². The van der Waals surface area contributed by atoms with Crippen molar-refractivity contribution in [3.8, 4) is 0 Å². The van der Waals surface area contributed by atoms with Crippen molar-refractivity contribution in [3.63, 3.8) is 0 Å². The molecule has 1 saturated carbocycles. The highest BCUT2D eigenvalue weighted by Gasteiger charge is 2.55. The van der Waals surface area contributed by atoms with Gasteiger partial charge in [-0.1, -0.05) is 30.3 Å². The predicted molar refractivity (Wildman–Crippen MR) is 63.5 cm³/mol. The Morgan fingerprint density at radius 2 is 1.95 bits per heavy atom. The predicted octanol–water partition coefficient (Wildman–Crippen LogP) is -0.643. The van der Waals surface area contributed by atoms with E-state index in [-0.39, 0.29) is 0 Å². The number of rotatable bonds is 2. The van der Waals surface area contributed by atoms with Crippen molar-refractivity contribution in [1.29, 1.82) is 0 Å². The van der Waals surface area contributed by atoms with E-state index in [1.165, 1.54) is 0 Å². The molecule has 6 heteroatoms. The number of benzene rings is 1. The minimum Gasteiger partial charge on any atom is -0.388 e. The number of hydrogen-bond acceptors (Lipinski definition) is 5. The molecule has 2 fully saturated rings. The topological polar surface area (TPSA) is 90.2 Å². The lowest BCUT2D eigenvalue weighted by Gasteiger charge is -2.33. The van der Waals surface area contributed by atoms with Crippen molar-refractivity contribution in [1.82, 2.24) is 5.06 Å². The molecule has 1 aliphatic carbocycles. The molecule has 1 amide bonds. The summed E-state index contributed by atoms with van der Waals surface area (Å²) in [6.07, 6.45) is -3.51. The Hall–Kier alpha value is -1.47. The highest BCUT2D eigenvalue weighted by Crippen LogP contribution is 2.37. The molecule has 1 aromatic rings. The third-order valence-corrected chi connectivity index (χ3v) is 3.72. The highest BCUT2D eigenvalue weighted by molar-refractivity contribution is 5.81. The van der Waals surface area contributed by atoms with E-state index in [4.69, 9.17) is 4.84 Å². The van der Waals surface area contributed by atoms with Gasteiger partial charge in [0, 0.05) is 6.42 Å². The third-order valence-electron chi connectivity index (χ3n) is 3.72. The van der Waals surface area contributed by atoms with Gasteiger partial charge >= 0.3 is 0 Å². The molecule has 2 bridgehead atoms. The molecule has 3 N–H and O–H groups in total. The average molecular weight is 265 g/mol. The van der Waals surface area contributed by atoms with Crippen LogP contribution in [0, 0.1) is 0 Å². The summed E-state index contributed by atoms with van der Waals surface area (Å²) in [5.41, 5.74) is 0.467. The van der Waals surface area contributed by atoms with Gasteiger partial charge in [-0.3, -0.25) is 9.63 Å². The van der Waals surface area contributed by atoms with E-state index in [9.17, 15) is 20.1 Å². The number of hydrogen-bond donors (Lipinski definition) is 3. The van der Waals surface area contributed by atoms with Gasteiger partial charge in [0.1, 0.15) is 18.3 Å². The lowest BCUT2D eigenvalue weighted by molar-refractivity contribution is -0.244. The van der Waals surface area contributed by atoms with Crippen LogP contribution in [-0.4, -0.2) is 50.6 Å². The summed E-state index contributed by atoms with van der Waals surface area (Å²) < 4.78 is 0. The molecule has 1 saturated heterocycles. The Morgan fingerprint density at radius 1 is 1.26 bits per heavy atom. The molecule has 1 heterocycles. The van der Waals surface area contributed by atoms with Crippen LogP contribution in [0.5, 0.6) is 0 Å². The first kappa shape index (κ1) is 12.6. The van der Waals surface area contributed by atoms with Gasteiger partial charge in [0.05, 0.1) is 6.04 Å².